The molecule has 136 valence electrons. The van der Waals surface area contributed by atoms with Gasteiger partial charge in [0, 0.05) is 39.1 Å². The Labute approximate surface area is 151 Å². The summed E-state index contributed by atoms with van der Waals surface area (Å²) in [7, 11) is 5.85. The molecular weight excluding hydrogens is 312 g/mol. The maximum Gasteiger partial charge on any atom is 0.194 e. The van der Waals surface area contributed by atoms with Crippen molar-refractivity contribution in [3.63, 3.8) is 0 Å². The average Bonchev–Trinajstić information content (AvgIpc) is 3.00. The molecule has 0 atom stereocenters. The van der Waals surface area contributed by atoms with Crippen molar-refractivity contribution in [2.45, 2.75) is 26.8 Å². The lowest BCUT2D eigenvalue weighted by atomic mass is 10.1. The Morgan fingerprint density at radius 3 is 2.76 bits per heavy atom. The van der Waals surface area contributed by atoms with Crippen LogP contribution in [0.4, 0.5) is 0 Å². The van der Waals surface area contributed by atoms with E-state index in [1.165, 1.54) is 11.3 Å². The summed E-state index contributed by atoms with van der Waals surface area (Å²) in [6.07, 6.45) is 2.96. The van der Waals surface area contributed by atoms with E-state index in [-0.39, 0.29) is 0 Å². The normalized spacial score (nSPS) is 11.5. The number of guanidine groups is 1. The third-order valence-corrected chi connectivity index (χ3v) is 4.28. The molecule has 1 heterocycles. The van der Waals surface area contributed by atoms with Gasteiger partial charge in [0.15, 0.2) is 5.96 Å². The number of nitrogens with zero attached hydrogens (tertiary/aromatic N) is 3. The smallest absolute Gasteiger partial charge is 0.194 e. The second-order valence-corrected chi connectivity index (χ2v) is 6.26. The molecule has 0 fully saturated rings. The number of aromatic nitrogens is 1. The molecular formula is C20H30N4O. The lowest BCUT2D eigenvalue weighted by Crippen LogP contribution is -2.39. The van der Waals surface area contributed by atoms with Crippen LogP contribution in [0.5, 0.6) is 5.75 Å². The van der Waals surface area contributed by atoms with Crippen molar-refractivity contribution in [2.75, 3.05) is 27.2 Å². The fourth-order valence-electron chi connectivity index (χ4n) is 2.76. The van der Waals surface area contributed by atoms with Crippen molar-refractivity contribution < 1.29 is 4.74 Å². The first-order valence-electron chi connectivity index (χ1n) is 8.78. The van der Waals surface area contributed by atoms with Gasteiger partial charge in [0.25, 0.3) is 0 Å². The summed E-state index contributed by atoms with van der Waals surface area (Å²) in [5.41, 5.74) is 3.66. The number of hydrogen-bond acceptors (Lipinski definition) is 2. The Hall–Kier alpha value is -2.43. The maximum atomic E-state index is 5.40. The zero-order valence-corrected chi connectivity index (χ0v) is 16.0. The number of methoxy groups -OCH3 is 1. The van der Waals surface area contributed by atoms with Gasteiger partial charge in [-0.25, -0.2) is 0 Å². The number of nitrogens with one attached hydrogen (secondary N) is 1. The molecule has 25 heavy (non-hydrogen) atoms. The number of benzene rings is 1. The predicted octanol–water partition coefficient (Wildman–Crippen LogP) is 2.98. The van der Waals surface area contributed by atoms with Crippen LogP contribution in [0.3, 0.4) is 0 Å². The number of aryl methyl sites for hydroxylation is 2. The topological polar surface area (TPSA) is 41.8 Å². The summed E-state index contributed by atoms with van der Waals surface area (Å²) in [4.78, 5) is 6.94. The van der Waals surface area contributed by atoms with E-state index in [0.717, 1.165) is 43.3 Å². The van der Waals surface area contributed by atoms with Gasteiger partial charge >= 0.3 is 0 Å². The molecule has 2 rings (SSSR count). The van der Waals surface area contributed by atoms with Crippen molar-refractivity contribution in [1.82, 2.24) is 14.8 Å². The Morgan fingerprint density at radius 1 is 1.32 bits per heavy atom. The monoisotopic (exact) mass is 342 g/mol. The molecule has 0 aliphatic rings. The molecule has 5 heteroatoms. The molecule has 0 aliphatic heterocycles. The highest BCUT2D eigenvalue weighted by Crippen LogP contribution is 2.19. The molecule has 0 spiro atoms. The summed E-state index contributed by atoms with van der Waals surface area (Å²) in [6.45, 7) is 6.58. The SMILES string of the molecule is CCNC(=NCCc1ccc(C)c(OC)c1)N(C)Cc1cccn1C. The fraction of sp³-hybridized carbons (Fsp3) is 0.450. The van der Waals surface area contributed by atoms with Crippen LogP contribution in [-0.2, 0) is 20.0 Å². The van der Waals surface area contributed by atoms with Gasteiger partial charge in [-0.05, 0) is 49.6 Å². The van der Waals surface area contributed by atoms with Gasteiger partial charge in [0.1, 0.15) is 5.75 Å². The molecule has 0 unspecified atom stereocenters. The Bertz CT molecular complexity index is 705. The molecule has 1 aromatic carbocycles. The van der Waals surface area contributed by atoms with Gasteiger partial charge in [-0.15, -0.1) is 0 Å². The molecule has 5 nitrogen and oxygen atoms in total. The second kappa shape index (κ2) is 9.16. The minimum atomic E-state index is 0.742. The predicted molar refractivity (Wildman–Crippen MR) is 104 cm³/mol. The molecule has 1 aromatic heterocycles. The van der Waals surface area contributed by atoms with Crippen molar-refractivity contribution in [2.24, 2.45) is 12.0 Å². The Kier molecular flexibility index (Phi) is 6.92. The van der Waals surface area contributed by atoms with E-state index < -0.39 is 0 Å². The molecule has 2 aromatic rings. The van der Waals surface area contributed by atoms with Crippen LogP contribution in [0, 0.1) is 6.92 Å². The van der Waals surface area contributed by atoms with E-state index >= 15 is 0 Å². The summed E-state index contributed by atoms with van der Waals surface area (Å²) in [5.74, 6) is 1.87. The summed E-state index contributed by atoms with van der Waals surface area (Å²) < 4.78 is 7.54. The van der Waals surface area contributed by atoms with Gasteiger partial charge in [0.05, 0.1) is 13.7 Å². The molecule has 0 aliphatic carbocycles. The highest BCUT2D eigenvalue weighted by molar-refractivity contribution is 5.79. The highest BCUT2D eigenvalue weighted by Gasteiger charge is 2.08. The van der Waals surface area contributed by atoms with Crippen LogP contribution < -0.4 is 10.1 Å². The van der Waals surface area contributed by atoms with Crippen LogP contribution in [0.2, 0.25) is 0 Å². The molecule has 0 saturated heterocycles. The first kappa shape index (κ1) is 18.9. The van der Waals surface area contributed by atoms with E-state index in [0.29, 0.717) is 0 Å². The van der Waals surface area contributed by atoms with Gasteiger partial charge in [0.2, 0.25) is 0 Å². The first-order valence-corrected chi connectivity index (χ1v) is 8.78. The van der Waals surface area contributed by atoms with Crippen LogP contribution in [-0.4, -0.2) is 42.7 Å². The minimum Gasteiger partial charge on any atom is -0.496 e. The molecule has 0 saturated carbocycles. The fourth-order valence-corrected chi connectivity index (χ4v) is 2.76. The van der Waals surface area contributed by atoms with E-state index in [1.807, 2.05) is 0 Å². The van der Waals surface area contributed by atoms with Crippen LogP contribution in [0.15, 0.2) is 41.5 Å². The van der Waals surface area contributed by atoms with Gasteiger partial charge in [-0.1, -0.05) is 12.1 Å². The van der Waals surface area contributed by atoms with Crippen molar-refractivity contribution in [3.05, 3.63) is 53.3 Å². The lowest BCUT2D eigenvalue weighted by molar-refractivity contribution is 0.411. The van der Waals surface area contributed by atoms with E-state index in [2.05, 4.69) is 79.3 Å². The van der Waals surface area contributed by atoms with Crippen molar-refractivity contribution in [1.29, 1.82) is 0 Å². The third kappa shape index (κ3) is 5.28. The molecule has 0 radical (unpaired) electrons. The quantitative estimate of drug-likeness (QED) is 0.621. The maximum absolute atomic E-state index is 5.40. The van der Waals surface area contributed by atoms with Crippen molar-refractivity contribution >= 4 is 5.96 Å². The summed E-state index contributed by atoms with van der Waals surface area (Å²) in [6, 6.07) is 10.6. The van der Waals surface area contributed by atoms with E-state index in [9.17, 15) is 0 Å². The van der Waals surface area contributed by atoms with Gasteiger partial charge in [-0.2, -0.15) is 0 Å². The lowest BCUT2D eigenvalue weighted by Gasteiger charge is -2.22. The first-order chi connectivity index (χ1) is 12.0. The van der Waals surface area contributed by atoms with Gasteiger partial charge < -0.3 is 19.5 Å². The number of hydrogen-bond donors (Lipinski definition) is 1. The zero-order chi connectivity index (χ0) is 18.2. The van der Waals surface area contributed by atoms with Crippen LogP contribution in [0.1, 0.15) is 23.7 Å². The van der Waals surface area contributed by atoms with Crippen LogP contribution in [0.25, 0.3) is 0 Å². The van der Waals surface area contributed by atoms with E-state index in [4.69, 9.17) is 9.73 Å². The van der Waals surface area contributed by atoms with Crippen LogP contribution >= 0.6 is 0 Å². The zero-order valence-electron chi connectivity index (χ0n) is 16.0. The van der Waals surface area contributed by atoms with Crippen molar-refractivity contribution in [3.8, 4) is 5.75 Å². The van der Waals surface area contributed by atoms with Gasteiger partial charge in [-0.3, -0.25) is 4.99 Å². The number of rotatable bonds is 7. The largest absolute Gasteiger partial charge is 0.496 e. The number of ether oxygens (including phenoxy) is 1. The average molecular weight is 342 g/mol. The summed E-state index contributed by atoms with van der Waals surface area (Å²) >= 11 is 0. The third-order valence-electron chi connectivity index (χ3n) is 4.28. The molecule has 0 bridgehead atoms. The Morgan fingerprint density at radius 2 is 2.12 bits per heavy atom. The van der Waals surface area contributed by atoms with E-state index in [1.54, 1.807) is 7.11 Å². The minimum absolute atomic E-state index is 0.742. The summed E-state index contributed by atoms with van der Waals surface area (Å²) in [5, 5.41) is 3.37. The molecule has 0 amide bonds. The Balaban J connectivity index is 2.00. The number of aliphatic imine (C=N–C) groups is 1. The standard InChI is InChI=1S/C20H30N4O/c1-6-21-20(24(4)15-18-8-7-13-23(18)3)22-12-11-17-10-9-16(2)19(14-17)25-5/h7-10,13-14H,6,11-12,15H2,1-5H3,(H,21,22). The molecule has 1 N–H and O–H groups in total. The highest BCUT2D eigenvalue weighted by atomic mass is 16.5. The second-order valence-electron chi connectivity index (χ2n) is 6.26.